The molecule has 0 atom stereocenters. The largest absolute Gasteiger partial charge is 0.369 e. The number of hydrogen-bond donors (Lipinski definition) is 2. The van der Waals surface area contributed by atoms with E-state index in [9.17, 15) is 0 Å². The number of nitrogens with one attached hydrogen (secondary N) is 2. The first-order chi connectivity index (χ1) is 10.5. The number of hydrogen-bond acceptors (Lipinski definition) is 5. The summed E-state index contributed by atoms with van der Waals surface area (Å²) in [5.74, 6) is 2.42. The van der Waals surface area contributed by atoms with Gasteiger partial charge in [-0.25, -0.2) is 9.97 Å². The van der Waals surface area contributed by atoms with Crippen molar-refractivity contribution in [3.05, 3.63) is 36.4 Å². The van der Waals surface area contributed by atoms with Crippen LogP contribution in [0.4, 0.5) is 11.6 Å². The van der Waals surface area contributed by atoms with Crippen molar-refractivity contribution < 1.29 is 0 Å². The minimum Gasteiger partial charge on any atom is -0.369 e. The lowest BCUT2D eigenvalue weighted by molar-refractivity contribution is 0.425. The summed E-state index contributed by atoms with van der Waals surface area (Å²) in [4.78, 5) is 11.4. The summed E-state index contributed by atoms with van der Waals surface area (Å²) in [6, 6.07) is 12.3. The Morgan fingerprint density at radius 1 is 1.05 bits per heavy atom. The number of aromatic nitrogens is 2. The minimum atomic E-state index is 0.327. The predicted octanol–water partition coefficient (Wildman–Crippen LogP) is 2.94. The topological polar surface area (TPSA) is 53.1 Å². The molecule has 0 amide bonds. The molecule has 0 aliphatic rings. The molecule has 1 heterocycles. The molecule has 22 heavy (non-hydrogen) atoms. The Bertz CT molecular complexity index is 581. The number of rotatable bonds is 7. The fraction of sp³-hybridized carbons (Fsp3) is 0.412. The van der Waals surface area contributed by atoms with Gasteiger partial charge in [0.2, 0.25) is 0 Å². The minimum absolute atomic E-state index is 0.327. The van der Waals surface area contributed by atoms with Crippen molar-refractivity contribution in [3.63, 3.8) is 0 Å². The van der Waals surface area contributed by atoms with E-state index in [-0.39, 0.29) is 0 Å². The Balaban J connectivity index is 2.24. The summed E-state index contributed by atoms with van der Waals surface area (Å²) in [5.41, 5.74) is 1.02. The van der Waals surface area contributed by atoms with Crippen LogP contribution in [-0.4, -0.2) is 48.1 Å². The van der Waals surface area contributed by atoms with Gasteiger partial charge >= 0.3 is 0 Å². The van der Waals surface area contributed by atoms with Gasteiger partial charge in [-0.05, 0) is 27.9 Å². The molecule has 0 bridgehead atoms. The summed E-state index contributed by atoms with van der Waals surface area (Å²) >= 11 is 0. The predicted molar refractivity (Wildman–Crippen MR) is 93.3 cm³/mol. The van der Waals surface area contributed by atoms with Crippen molar-refractivity contribution in [1.82, 2.24) is 14.9 Å². The van der Waals surface area contributed by atoms with E-state index in [1.165, 1.54) is 0 Å². The molecular weight excluding hydrogens is 274 g/mol. The average molecular weight is 299 g/mol. The van der Waals surface area contributed by atoms with Crippen LogP contribution in [0.15, 0.2) is 36.4 Å². The maximum Gasteiger partial charge on any atom is 0.163 e. The highest BCUT2D eigenvalue weighted by Crippen LogP contribution is 2.20. The van der Waals surface area contributed by atoms with Crippen molar-refractivity contribution in [2.45, 2.75) is 19.9 Å². The van der Waals surface area contributed by atoms with E-state index in [2.05, 4.69) is 53.4 Å². The highest BCUT2D eigenvalue weighted by Gasteiger charge is 2.07. The van der Waals surface area contributed by atoms with Gasteiger partial charge in [-0.3, -0.25) is 0 Å². The first kappa shape index (κ1) is 16.2. The molecule has 0 spiro atoms. The van der Waals surface area contributed by atoms with E-state index in [1.807, 2.05) is 36.4 Å². The number of anilines is 2. The molecule has 118 valence electrons. The van der Waals surface area contributed by atoms with E-state index in [0.29, 0.717) is 6.04 Å². The standard InChI is InChI=1S/C17H25N5/c1-13(2)19-16-12-15(18-10-11-22(3)4)20-17(21-16)14-8-6-5-7-9-14/h5-9,12-13H,10-11H2,1-4H3,(H2,18,19,20,21). The van der Waals surface area contributed by atoms with Crippen molar-refractivity contribution in [2.24, 2.45) is 0 Å². The number of likely N-dealkylation sites (N-methyl/N-ethyl adjacent to an activating group) is 1. The molecule has 2 rings (SSSR count). The van der Waals surface area contributed by atoms with Crippen LogP contribution in [-0.2, 0) is 0 Å². The van der Waals surface area contributed by atoms with Gasteiger partial charge in [-0.1, -0.05) is 30.3 Å². The Labute approximate surface area is 132 Å². The van der Waals surface area contributed by atoms with E-state index in [1.54, 1.807) is 0 Å². The van der Waals surface area contributed by atoms with Crippen molar-refractivity contribution in [3.8, 4) is 11.4 Å². The van der Waals surface area contributed by atoms with Crippen LogP contribution in [0.5, 0.6) is 0 Å². The van der Waals surface area contributed by atoms with Crippen LogP contribution >= 0.6 is 0 Å². The fourth-order valence-electron chi connectivity index (χ4n) is 2.03. The maximum absolute atomic E-state index is 4.63. The van der Waals surface area contributed by atoms with Crippen LogP contribution in [0, 0.1) is 0 Å². The second kappa shape index (κ2) is 7.75. The molecule has 1 aromatic carbocycles. The quantitative estimate of drug-likeness (QED) is 0.823. The lowest BCUT2D eigenvalue weighted by Gasteiger charge is -2.14. The van der Waals surface area contributed by atoms with Crippen LogP contribution in [0.1, 0.15) is 13.8 Å². The third-order valence-corrected chi connectivity index (χ3v) is 3.06. The molecular formula is C17H25N5. The summed E-state index contributed by atoms with van der Waals surface area (Å²) in [6.07, 6.45) is 0. The molecule has 0 radical (unpaired) electrons. The zero-order valence-corrected chi connectivity index (χ0v) is 13.8. The molecule has 0 unspecified atom stereocenters. The van der Waals surface area contributed by atoms with E-state index in [0.717, 1.165) is 36.1 Å². The van der Waals surface area contributed by atoms with Crippen LogP contribution in [0.3, 0.4) is 0 Å². The molecule has 0 saturated heterocycles. The Hall–Kier alpha value is -2.14. The number of benzene rings is 1. The van der Waals surface area contributed by atoms with Crippen molar-refractivity contribution >= 4 is 11.6 Å². The molecule has 0 fully saturated rings. The first-order valence-corrected chi connectivity index (χ1v) is 7.64. The summed E-state index contributed by atoms with van der Waals surface area (Å²) in [7, 11) is 4.12. The van der Waals surface area contributed by atoms with Gasteiger partial charge in [0.25, 0.3) is 0 Å². The maximum atomic E-state index is 4.63. The Kier molecular flexibility index (Phi) is 5.72. The molecule has 2 N–H and O–H groups in total. The summed E-state index contributed by atoms with van der Waals surface area (Å²) in [6.45, 7) is 6.00. The van der Waals surface area contributed by atoms with Crippen molar-refractivity contribution in [1.29, 1.82) is 0 Å². The Morgan fingerprint density at radius 2 is 1.73 bits per heavy atom. The zero-order chi connectivity index (χ0) is 15.9. The smallest absolute Gasteiger partial charge is 0.163 e. The average Bonchev–Trinajstić information content (AvgIpc) is 2.47. The van der Waals surface area contributed by atoms with Gasteiger partial charge in [-0.15, -0.1) is 0 Å². The second-order valence-electron chi connectivity index (χ2n) is 5.86. The molecule has 1 aromatic heterocycles. The zero-order valence-electron chi connectivity index (χ0n) is 13.8. The monoisotopic (exact) mass is 299 g/mol. The Morgan fingerprint density at radius 3 is 2.36 bits per heavy atom. The number of nitrogens with zero attached hydrogens (tertiary/aromatic N) is 3. The van der Waals surface area contributed by atoms with E-state index < -0.39 is 0 Å². The van der Waals surface area contributed by atoms with Gasteiger partial charge in [0.05, 0.1) is 0 Å². The highest BCUT2D eigenvalue weighted by molar-refractivity contribution is 5.61. The van der Waals surface area contributed by atoms with Crippen LogP contribution < -0.4 is 10.6 Å². The summed E-state index contributed by atoms with van der Waals surface area (Å²) < 4.78 is 0. The van der Waals surface area contributed by atoms with Gasteiger partial charge in [0.15, 0.2) is 5.82 Å². The van der Waals surface area contributed by atoms with Crippen molar-refractivity contribution in [2.75, 3.05) is 37.8 Å². The van der Waals surface area contributed by atoms with E-state index >= 15 is 0 Å². The highest BCUT2D eigenvalue weighted by atomic mass is 15.1. The normalized spacial score (nSPS) is 11.0. The lowest BCUT2D eigenvalue weighted by atomic mass is 10.2. The van der Waals surface area contributed by atoms with Gasteiger partial charge in [0, 0.05) is 30.8 Å². The second-order valence-corrected chi connectivity index (χ2v) is 5.86. The van der Waals surface area contributed by atoms with Crippen LogP contribution in [0.2, 0.25) is 0 Å². The fourth-order valence-corrected chi connectivity index (χ4v) is 2.03. The van der Waals surface area contributed by atoms with Gasteiger partial charge < -0.3 is 15.5 Å². The molecule has 0 saturated carbocycles. The SMILES string of the molecule is CC(C)Nc1cc(NCCN(C)C)nc(-c2ccccc2)n1. The first-order valence-electron chi connectivity index (χ1n) is 7.64. The van der Waals surface area contributed by atoms with Gasteiger partial charge in [0.1, 0.15) is 11.6 Å². The van der Waals surface area contributed by atoms with Gasteiger partial charge in [-0.2, -0.15) is 0 Å². The van der Waals surface area contributed by atoms with E-state index in [4.69, 9.17) is 0 Å². The lowest BCUT2D eigenvalue weighted by Crippen LogP contribution is -2.21. The summed E-state index contributed by atoms with van der Waals surface area (Å²) in [5, 5.41) is 6.72. The third kappa shape index (κ3) is 5.00. The molecule has 5 heteroatoms. The molecule has 2 aromatic rings. The molecule has 5 nitrogen and oxygen atoms in total. The third-order valence-electron chi connectivity index (χ3n) is 3.06. The van der Waals surface area contributed by atoms with Crippen LogP contribution in [0.25, 0.3) is 11.4 Å². The molecule has 0 aliphatic carbocycles. The molecule has 0 aliphatic heterocycles.